The fraction of sp³-hybridized carbons (Fsp3) is 0.556. The van der Waals surface area contributed by atoms with Gasteiger partial charge in [0.05, 0.1) is 6.54 Å². The third-order valence-electron chi connectivity index (χ3n) is 5.06. The van der Waals surface area contributed by atoms with E-state index in [1.54, 1.807) is 29.0 Å². The van der Waals surface area contributed by atoms with E-state index in [4.69, 9.17) is 4.74 Å². The molecule has 2 saturated heterocycles. The van der Waals surface area contributed by atoms with E-state index in [0.29, 0.717) is 32.5 Å². The molecule has 7 heteroatoms. The highest BCUT2D eigenvalue weighted by Crippen LogP contribution is 2.26. The molecule has 0 radical (unpaired) electrons. The maximum atomic E-state index is 13.3. The van der Waals surface area contributed by atoms with E-state index in [-0.39, 0.29) is 24.2 Å². The molecule has 0 bridgehead atoms. The maximum Gasteiger partial charge on any atom is 0.255 e. The standard InChI is InChI=1S/C18H24FN3O3/c1-25-18(5-7-20-8-6-18)17(24)22-10-9-21(16(23)13-22)12-14-3-2-4-15(19)11-14/h2-4,11,20H,5-10,12-13H2,1H3. The van der Waals surface area contributed by atoms with Crippen LogP contribution in [0.1, 0.15) is 18.4 Å². The Bertz CT molecular complexity index is 646. The fourth-order valence-corrected chi connectivity index (χ4v) is 3.53. The first-order valence-electron chi connectivity index (χ1n) is 8.61. The van der Waals surface area contributed by atoms with Gasteiger partial charge < -0.3 is 19.9 Å². The lowest BCUT2D eigenvalue weighted by atomic mass is 9.90. The number of halogens is 1. The number of piperidine rings is 1. The van der Waals surface area contributed by atoms with Crippen LogP contribution in [0.2, 0.25) is 0 Å². The average molecular weight is 349 g/mol. The number of nitrogens with one attached hydrogen (secondary N) is 1. The van der Waals surface area contributed by atoms with Gasteiger partial charge in [-0.3, -0.25) is 9.59 Å². The van der Waals surface area contributed by atoms with Crippen LogP contribution in [-0.2, 0) is 20.9 Å². The number of hydrogen-bond acceptors (Lipinski definition) is 4. The summed E-state index contributed by atoms with van der Waals surface area (Å²) in [6, 6.07) is 6.24. The van der Waals surface area contributed by atoms with Crippen LogP contribution in [0.5, 0.6) is 0 Å². The second-order valence-corrected chi connectivity index (χ2v) is 6.62. The minimum atomic E-state index is -0.823. The molecule has 0 unspecified atom stereocenters. The molecule has 2 aliphatic heterocycles. The van der Waals surface area contributed by atoms with Gasteiger partial charge in [-0.2, -0.15) is 0 Å². The third-order valence-corrected chi connectivity index (χ3v) is 5.06. The number of carbonyl (C=O) groups is 2. The van der Waals surface area contributed by atoms with Crippen LogP contribution in [0, 0.1) is 5.82 Å². The maximum absolute atomic E-state index is 13.3. The molecule has 2 heterocycles. The summed E-state index contributed by atoms with van der Waals surface area (Å²) in [5.74, 6) is -0.536. The van der Waals surface area contributed by atoms with Crippen molar-refractivity contribution in [1.82, 2.24) is 15.1 Å². The van der Waals surface area contributed by atoms with Crippen LogP contribution in [0.4, 0.5) is 4.39 Å². The van der Waals surface area contributed by atoms with Crippen LogP contribution in [-0.4, -0.2) is 67.0 Å². The van der Waals surface area contributed by atoms with Gasteiger partial charge in [-0.25, -0.2) is 4.39 Å². The zero-order valence-electron chi connectivity index (χ0n) is 14.5. The van der Waals surface area contributed by atoms with Crippen molar-refractivity contribution in [3.63, 3.8) is 0 Å². The molecular weight excluding hydrogens is 325 g/mol. The number of nitrogens with zero attached hydrogens (tertiary/aromatic N) is 2. The zero-order valence-corrected chi connectivity index (χ0v) is 14.5. The molecule has 2 amide bonds. The molecule has 1 aromatic carbocycles. The van der Waals surface area contributed by atoms with Crippen molar-refractivity contribution >= 4 is 11.8 Å². The predicted molar refractivity (Wildman–Crippen MR) is 90.2 cm³/mol. The van der Waals surface area contributed by atoms with Crippen LogP contribution < -0.4 is 5.32 Å². The van der Waals surface area contributed by atoms with E-state index >= 15 is 0 Å². The Morgan fingerprint density at radius 2 is 2.08 bits per heavy atom. The highest BCUT2D eigenvalue weighted by atomic mass is 19.1. The summed E-state index contributed by atoms with van der Waals surface area (Å²) < 4.78 is 18.9. The zero-order chi connectivity index (χ0) is 17.9. The van der Waals surface area contributed by atoms with Gasteiger partial charge in [0.1, 0.15) is 11.4 Å². The largest absolute Gasteiger partial charge is 0.368 e. The van der Waals surface area contributed by atoms with Gasteiger partial charge in [-0.05, 0) is 43.6 Å². The number of benzene rings is 1. The van der Waals surface area contributed by atoms with E-state index in [0.717, 1.165) is 18.7 Å². The molecule has 1 N–H and O–H groups in total. The van der Waals surface area contributed by atoms with Gasteiger partial charge in [-0.15, -0.1) is 0 Å². The van der Waals surface area contributed by atoms with Crippen molar-refractivity contribution < 1.29 is 18.7 Å². The SMILES string of the molecule is COC1(C(=O)N2CCN(Cc3cccc(F)c3)C(=O)C2)CCNCC1. The van der Waals surface area contributed by atoms with Gasteiger partial charge in [0.25, 0.3) is 5.91 Å². The van der Waals surface area contributed by atoms with Crippen molar-refractivity contribution in [2.45, 2.75) is 25.0 Å². The first-order chi connectivity index (χ1) is 12.0. The summed E-state index contributed by atoms with van der Waals surface area (Å²) in [6.07, 6.45) is 1.22. The molecule has 25 heavy (non-hydrogen) atoms. The van der Waals surface area contributed by atoms with E-state index in [9.17, 15) is 14.0 Å². The van der Waals surface area contributed by atoms with Gasteiger partial charge in [-0.1, -0.05) is 12.1 Å². The lowest BCUT2D eigenvalue weighted by Crippen LogP contribution is -2.60. The number of rotatable bonds is 4. The molecule has 0 aliphatic carbocycles. The first kappa shape index (κ1) is 17.8. The van der Waals surface area contributed by atoms with Crippen LogP contribution in [0.3, 0.4) is 0 Å². The molecule has 2 fully saturated rings. The fourth-order valence-electron chi connectivity index (χ4n) is 3.53. The lowest BCUT2D eigenvalue weighted by molar-refractivity contribution is -0.164. The van der Waals surface area contributed by atoms with E-state index < -0.39 is 5.60 Å². The Labute approximate surface area is 146 Å². The normalized spacial score (nSPS) is 20.6. The molecule has 2 aliphatic rings. The monoisotopic (exact) mass is 349 g/mol. The summed E-state index contributed by atoms with van der Waals surface area (Å²) in [4.78, 5) is 28.6. The average Bonchev–Trinajstić information content (AvgIpc) is 2.63. The van der Waals surface area contributed by atoms with Gasteiger partial charge in [0.15, 0.2) is 0 Å². The van der Waals surface area contributed by atoms with Crippen molar-refractivity contribution in [1.29, 1.82) is 0 Å². The number of ether oxygens (including phenoxy) is 1. The smallest absolute Gasteiger partial charge is 0.255 e. The second-order valence-electron chi connectivity index (χ2n) is 6.62. The summed E-state index contributed by atoms with van der Waals surface area (Å²) >= 11 is 0. The Morgan fingerprint density at radius 1 is 1.32 bits per heavy atom. The number of amides is 2. The summed E-state index contributed by atoms with van der Waals surface area (Å²) in [6.45, 7) is 2.78. The van der Waals surface area contributed by atoms with Crippen molar-refractivity contribution in [3.8, 4) is 0 Å². The number of piperazine rings is 1. The minimum absolute atomic E-state index is 0.0483. The second kappa shape index (κ2) is 7.49. The highest BCUT2D eigenvalue weighted by molar-refractivity contribution is 5.90. The summed E-state index contributed by atoms with van der Waals surface area (Å²) in [7, 11) is 1.56. The van der Waals surface area contributed by atoms with Crippen LogP contribution >= 0.6 is 0 Å². The quantitative estimate of drug-likeness (QED) is 0.872. The molecule has 1 aromatic rings. The summed E-state index contributed by atoms with van der Waals surface area (Å²) in [5.41, 5.74) is -0.0733. The predicted octanol–water partition coefficient (Wildman–Crippen LogP) is 0.765. The third kappa shape index (κ3) is 3.82. The number of carbonyl (C=O) groups excluding carboxylic acids is 2. The topological polar surface area (TPSA) is 61.9 Å². The molecule has 6 nitrogen and oxygen atoms in total. The number of hydrogen-bond donors (Lipinski definition) is 1. The molecule has 0 saturated carbocycles. The molecule has 0 aromatic heterocycles. The highest BCUT2D eigenvalue weighted by Gasteiger charge is 2.44. The van der Waals surface area contributed by atoms with Gasteiger partial charge in [0, 0.05) is 26.7 Å². The van der Waals surface area contributed by atoms with Gasteiger partial charge >= 0.3 is 0 Å². The van der Waals surface area contributed by atoms with E-state index in [1.165, 1.54) is 12.1 Å². The minimum Gasteiger partial charge on any atom is -0.368 e. The Balaban J connectivity index is 1.63. The Morgan fingerprint density at radius 3 is 2.72 bits per heavy atom. The molecule has 0 atom stereocenters. The first-order valence-corrected chi connectivity index (χ1v) is 8.61. The van der Waals surface area contributed by atoms with E-state index in [2.05, 4.69) is 5.32 Å². The molecule has 0 spiro atoms. The van der Waals surface area contributed by atoms with Crippen LogP contribution in [0.25, 0.3) is 0 Å². The molecule has 3 rings (SSSR count). The van der Waals surface area contributed by atoms with Crippen molar-refractivity contribution in [3.05, 3.63) is 35.6 Å². The molecular formula is C18H24FN3O3. The lowest BCUT2D eigenvalue weighted by Gasteiger charge is -2.41. The number of methoxy groups -OCH3 is 1. The van der Waals surface area contributed by atoms with Gasteiger partial charge in [0.2, 0.25) is 5.91 Å². The Kier molecular flexibility index (Phi) is 5.34. The summed E-state index contributed by atoms with van der Waals surface area (Å²) in [5, 5.41) is 3.22. The van der Waals surface area contributed by atoms with Crippen molar-refractivity contribution in [2.24, 2.45) is 0 Å². The molecule has 136 valence electrons. The van der Waals surface area contributed by atoms with Crippen molar-refractivity contribution in [2.75, 3.05) is 39.8 Å². The Hall–Kier alpha value is -1.99. The van der Waals surface area contributed by atoms with E-state index in [1.807, 2.05) is 0 Å². The van der Waals surface area contributed by atoms with Crippen LogP contribution in [0.15, 0.2) is 24.3 Å².